The Morgan fingerprint density at radius 2 is 2.27 bits per heavy atom. The second kappa shape index (κ2) is 3.87. The SMILES string of the molecule is CC1(C)CSCC(O)(Cc2ccoc2)C1. The van der Waals surface area contributed by atoms with Crippen LogP contribution in [0.5, 0.6) is 0 Å². The van der Waals surface area contributed by atoms with Gasteiger partial charge in [0.2, 0.25) is 0 Å². The van der Waals surface area contributed by atoms with Gasteiger partial charge in [-0.1, -0.05) is 13.8 Å². The van der Waals surface area contributed by atoms with Gasteiger partial charge in [-0.25, -0.2) is 0 Å². The van der Waals surface area contributed by atoms with Crippen LogP contribution in [-0.4, -0.2) is 22.2 Å². The van der Waals surface area contributed by atoms with Crippen LogP contribution in [-0.2, 0) is 6.42 Å². The first-order valence-corrected chi connectivity index (χ1v) is 6.46. The van der Waals surface area contributed by atoms with Crippen molar-refractivity contribution in [2.75, 3.05) is 11.5 Å². The Bertz CT molecular complexity index is 318. The van der Waals surface area contributed by atoms with Gasteiger partial charge < -0.3 is 9.52 Å². The third kappa shape index (κ3) is 2.79. The molecule has 1 fully saturated rings. The molecule has 0 saturated carbocycles. The fraction of sp³-hybridized carbons (Fsp3) is 0.667. The third-order valence-corrected chi connectivity index (χ3v) is 4.51. The van der Waals surface area contributed by atoms with Crippen molar-refractivity contribution in [2.45, 2.75) is 32.3 Å². The molecule has 1 aliphatic rings. The zero-order valence-electron chi connectivity index (χ0n) is 9.32. The molecule has 3 heteroatoms. The van der Waals surface area contributed by atoms with Crippen molar-refractivity contribution in [2.24, 2.45) is 5.41 Å². The van der Waals surface area contributed by atoms with Crippen LogP contribution in [0.2, 0.25) is 0 Å². The largest absolute Gasteiger partial charge is 0.472 e. The minimum absolute atomic E-state index is 0.238. The van der Waals surface area contributed by atoms with E-state index in [1.807, 2.05) is 17.8 Å². The summed E-state index contributed by atoms with van der Waals surface area (Å²) < 4.78 is 5.04. The molecular weight excluding hydrogens is 208 g/mol. The van der Waals surface area contributed by atoms with E-state index in [9.17, 15) is 5.11 Å². The van der Waals surface area contributed by atoms with Gasteiger partial charge in [0.25, 0.3) is 0 Å². The number of hydrogen-bond acceptors (Lipinski definition) is 3. The molecule has 1 atom stereocenters. The van der Waals surface area contributed by atoms with Crippen LogP contribution >= 0.6 is 11.8 Å². The van der Waals surface area contributed by atoms with Gasteiger partial charge in [-0.15, -0.1) is 0 Å². The van der Waals surface area contributed by atoms with Crippen molar-refractivity contribution in [1.29, 1.82) is 0 Å². The fourth-order valence-electron chi connectivity index (χ4n) is 2.40. The summed E-state index contributed by atoms with van der Waals surface area (Å²) in [5.41, 5.74) is 0.772. The van der Waals surface area contributed by atoms with E-state index in [4.69, 9.17) is 4.42 Å². The second-order valence-electron chi connectivity index (χ2n) is 5.37. The number of furan rings is 1. The van der Waals surface area contributed by atoms with E-state index < -0.39 is 5.60 Å². The van der Waals surface area contributed by atoms with Gasteiger partial charge in [-0.05, 0) is 29.2 Å². The van der Waals surface area contributed by atoms with Crippen LogP contribution in [0.15, 0.2) is 23.0 Å². The molecule has 0 amide bonds. The first kappa shape index (κ1) is 11.1. The third-order valence-electron chi connectivity index (χ3n) is 2.78. The van der Waals surface area contributed by atoms with Gasteiger partial charge in [0.05, 0.1) is 18.1 Å². The van der Waals surface area contributed by atoms with E-state index in [1.54, 1.807) is 12.5 Å². The molecule has 0 aromatic carbocycles. The van der Waals surface area contributed by atoms with Gasteiger partial charge in [0.15, 0.2) is 0 Å². The maximum atomic E-state index is 10.5. The fourth-order valence-corrected chi connectivity index (χ4v) is 3.74. The zero-order valence-corrected chi connectivity index (χ0v) is 10.1. The summed E-state index contributed by atoms with van der Waals surface area (Å²) in [7, 11) is 0. The summed E-state index contributed by atoms with van der Waals surface area (Å²) in [5.74, 6) is 1.97. The lowest BCUT2D eigenvalue weighted by Gasteiger charge is -2.41. The minimum atomic E-state index is -0.559. The van der Waals surface area contributed by atoms with Crippen molar-refractivity contribution >= 4 is 11.8 Å². The van der Waals surface area contributed by atoms with E-state index in [2.05, 4.69) is 13.8 Å². The van der Waals surface area contributed by atoms with E-state index in [0.29, 0.717) is 6.42 Å². The Labute approximate surface area is 95.1 Å². The molecule has 0 radical (unpaired) electrons. The maximum absolute atomic E-state index is 10.5. The lowest BCUT2D eigenvalue weighted by molar-refractivity contribution is 0.0199. The summed E-state index contributed by atoms with van der Waals surface area (Å²) in [6.45, 7) is 4.44. The van der Waals surface area contributed by atoms with Crippen LogP contribution in [0.25, 0.3) is 0 Å². The maximum Gasteiger partial charge on any atom is 0.0935 e. The van der Waals surface area contributed by atoms with Crippen LogP contribution in [0.1, 0.15) is 25.8 Å². The van der Waals surface area contributed by atoms with E-state index in [1.165, 1.54) is 0 Å². The molecule has 2 rings (SSSR count). The molecule has 0 aliphatic carbocycles. The van der Waals surface area contributed by atoms with Gasteiger partial charge in [-0.2, -0.15) is 11.8 Å². The Morgan fingerprint density at radius 3 is 2.87 bits per heavy atom. The molecule has 1 aliphatic heterocycles. The molecule has 0 bridgehead atoms. The van der Waals surface area contributed by atoms with Crippen LogP contribution < -0.4 is 0 Å². The highest BCUT2D eigenvalue weighted by atomic mass is 32.2. The van der Waals surface area contributed by atoms with E-state index >= 15 is 0 Å². The van der Waals surface area contributed by atoms with Crippen LogP contribution in [0, 0.1) is 5.41 Å². The van der Waals surface area contributed by atoms with Crippen molar-refractivity contribution in [3.05, 3.63) is 24.2 Å². The quantitative estimate of drug-likeness (QED) is 0.841. The molecule has 15 heavy (non-hydrogen) atoms. The molecule has 84 valence electrons. The monoisotopic (exact) mass is 226 g/mol. The van der Waals surface area contributed by atoms with E-state index in [-0.39, 0.29) is 5.41 Å². The summed E-state index contributed by atoms with van der Waals surface area (Å²) in [6.07, 6.45) is 4.97. The Hall–Kier alpha value is -0.410. The van der Waals surface area contributed by atoms with Crippen molar-refractivity contribution in [3.8, 4) is 0 Å². The number of hydrogen-bond donors (Lipinski definition) is 1. The predicted octanol–water partition coefficient (Wildman–Crippen LogP) is 2.72. The second-order valence-corrected chi connectivity index (χ2v) is 6.35. The van der Waals surface area contributed by atoms with Crippen LogP contribution in [0.3, 0.4) is 0 Å². The summed E-state index contributed by atoms with van der Waals surface area (Å²) in [5, 5.41) is 10.5. The summed E-state index contributed by atoms with van der Waals surface area (Å²) in [6, 6.07) is 1.93. The summed E-state index contributed by atoms with van der Waals surface area (Å²) in [4.78, 5) is 0. The molecule has 1 saturated heterocycles. The Balaban J connectivity index is 2.06. The highest BCUT2D eigenvalue weighted by Gasteiger charge is 2.39. The van der Waals surface area contributed by atoms with Gasteiger partial charge in [0, 0.05) is 12.2 Å². The number of aliphatic hydroxyl groups is 1. The first-order valence-electron chi connectivity index (χ1n) is 5.30. The molecule has 1 aromatic rings. The average Bonchev–Trinajstić information content (AvgIpc) is 2.52. The molecule has 2 heterocycles. The Kier molecular flexibility index (Phi) is 2.86. The van der Waals surface area contributed by atoms with Crippen LogP contribution in [0.4, 0.5) is 0 Å². The van der Waals surface area contributed by atoms with Gasteiger partial charge in [-0.3, -0.25) is 0 Å². The lowest BCUT2D eigenvalue weighted by Crippen LogP contribution is -2.44. The number of rotatable bonds is 2. The average molecular weight is 226 g/mol. The molecule has 1 N–H and O–H groups in total. The van der Waals surface area contributed by atoms with Gasteiger partial charge in [0.1, 0.15) is 0 Å². The predicted molar refractivity (Wildman–Crippen MR) is 63.1 cm³/mol. The topological polar surface area (TPSA) is 33.4 Å². The first-order chi connectivity index (χ1) is 6.99. The lowest BCUT2D eigenvalue weighted by atomic mass is 9.79. The zero-order chi connectivity index (χ0) is 10.9. The normalized spacial score (nSPS) is 30.3. The van der Waals surface area contributed by atoms with Crippen molar-refractivity contribution in [1.82, 2.24) is 0 Å². The molecule has 2 nitrogen and oxygen atoms in total. The smallest absolute Gasteiger partial charge is 0.0935 e. The highest BCUT2D eigenvalue weighted by Crippen LogP contribution is 2.40. The highest BCUT2D eigenvalue weighted by molar-refractivity contribution is 7.99. The molecule has 1 unspecified atom stereocenters. The van der Waals surface area contributed by atoms with Gasteiger partial charge >= 0.3 is 0 Å². The Morgan fingerprint density at radius 1 is 1.47 bits per heavy atom. The minimum Gasteiger partial charge on any atom is -0.472 e. The molecular formula is C12H18O2S. The number of thioether (sulfide) groups is 1. The van der Waals surface area contributed by atoms with Crippen molar-refractivity contribution < 1.29 is 9.52 Å². The van der Waals surface area contributed by atoms with E-state index in [0.717, 1.165) is 23.5 Å². The standard InChI is InChI=1S/C12H18O2S/c1-11(2)7-12(13,9-15-8-11)5-10-3-4-14-6-10/h3-4,6,13H,5,7-9H2,1-2H3. The van der Waals surface area contributed by atoms with Crippen molar-refractivity contribution in [3.63, 3.8) is 0 Å². The summed E-state index contributed by atoms with van der Waals surface area (Å²) >= 11 is 1.85. The molecule has 0 spiro atoms. The molecule has 1 aromatic heterocycles.